The SMILES string of the molecule is C=CS(=O)(=O)NC1CCN(C(=O)COc2cc(CC)c(Cl)cc2Cl)CC1. The molecule has 0 aliphatic carbocycles. The summed E-state index contributed by atoms with van der Waals surface area (Å²) in [5.74, 6) is 0.258. The molecule has 2 rings (SSSR count). The van der Waals surface area contributed by atoms with Gasteiger partial charge in [0.25, 0.3) is 5.91 Å². The van der Waals surface area contributed by atoms with Crippen molar-refractivity contribution in [2.45, 2.75) is 32.2 Å². The van der Waals surface area contributed by atoms with Gasteiger partial charge in [0.2, 0.25) is 10.0 Å². The Balaban J connectivity index is 1.87. The highest BCUT2D eigenvalue weighted by Crippen LogP contribution is 2.31. The molecule has 0 radical (unpaired) electrons. The molecule has 1 heterocycles. The van der Waals surface area contributed by atoms with E-state index in [-0.39, 0.29) is 18.6 Å². The number of halogens is 2. The predicted octanol–water partition coefficient (Wildman–Crippen LogP) is 2.99. The number of hydrogen-bond acceptors (Lipinski definition) is 4. The fourth-order valence-electron chi connectivity index (χ4n) is 2.71. The number of rotatable bonds is 7. The topological polar surface area (TPSA) is 75.7 Å². The summed E-state index contributed by atoms with van der Waals surface area (Å²) in [6.07, 6.45) is 1.81. The maximum absolute atomic E-state index is 12.3. The summed E-state index contributed by atoms with van der Waals surface area (Å²) in [6.45, 7) is 6.02. The lowest BCUT2D eigenvalue weighted by molar-refractivity contribution is -0.134. The fraction of sp³-hybridized carbons (Fsp3) is 0.471. The molecule has 6 nitrogen and oxygen atoms in total. The molecule has 0 atom stereocenters. The monoisotopic (exact) mass is 420 g/mol. The Hall–Kier alpha value is -1.28. The van der Waals surface area contributed by atoms with E-state index in [1.807, 2.05) is 6.92 Å². The number of likely N-dealkylation sites (tertiary alicyclic amines) is 1. The molecule has 1 aliphatic rings. The van der Waals surface area contributed by atoms with Crippen molar-refractivity contribution in [1.29, 1.82) is 0 Å². The summed E-state index contributed by atoms with van der Waals surface area (Å²) >= 11 is 12.2. The Kier molecular flexibility index (Phi) is 7.34. The van der Waals surface area contributed by atoms with Crippen LogP contribution in [0.5, 0.6) is 5.75 Å². The van der Waals surface area contributed by atoms with Crippen molar-refractivity contribution >= 4 is 39.1 Å². The molecule has 9 heteroatoms. The van der Waals surface area contributed by atoms with Crippen molar-refractivity contribution in [2.24, 2.45) is 0 Å². The molecule has 0 bridgehead atoms. The molecule has 1 aliphatic heterocycles. The van der Waals surface area contributed by atoms with Crippen LogP contribution in [0.4, 0.5) is 0 Å². The van der Waals surface area contributed by atoms with Crippen molar-refractivity contribution in [1.82, 2.24) is 9.62 Å². The van der Waals surface area contributed by atoms with Gasteiger partial charge in [-0.25, -0.2) is 13.1 Å². The normalized spacial score (nSPS) is 15.7. The second kappa shape index (κ2) is 9.08. The predicted molar refractivity (Wildman–Crippen MR) is 103 cm³/mol. The van der Waals surface area contributed by atoms with Gasteiger partial charge in [-0.15, -0.1) is 0 Å². The van der Waals surface area contributed by atoms with Crippen LogP contribution in [0.25, 0.3) is 0 Å². The van der Waals surface area contributed by atoms with Crippen molar-refractivity contribution < 1.29 is 17.9 Å². The van der Waals surface area contributed by atoms with Gasteiger partial charge in [0.1, 0.15) is 5.75 Å². The Morgan fingerprint density at radius 2 is 2.00 bits per heavy atom. The number of piperidine rings is 1. The number of aryl methyl sites for hydroxylation is 1. The summed E-state index contributed by atoms with van der Waals surface area (Å²) in [5.41, 5.74) is 0.897. The molecule has 1 aromatic rings. The van der Waals surface area contributed by atoms with E-state index >= 15 is 0 Å². The van der Waals surface area contributed by atoms with Crippen molar-refractivity contribution in [3.63, 3.8) is 0 Å². The molecule has 1 fully saturated rings. The lowest BCUT2D eigenvalue weighted by Crippen LogP contribution is -2.47. The van der Waals surface area contributed by atoms with Gasteiger partial charge in [-0.2, -0.15) is 0 Å². The smallest absolute Gasteiger partial charge is 0.260 e. The maximum Gasteiger partial charge on any atom is 0.260 e. The number of nitrogens with one attached hydrogen (secondary N) is 1. The van der Waals surface area contributed by atoms with Crippen LogP contribution in [0, 0.1) is 0 Å². The molecule has 26 heavy (non-hydrogen) atoms. The van der Waals surface area contributed by atoms with Crippen LogP contribution < -0.4 is 9.46 Å². The molecular formula is C17H22Cl2N2O4S. The van der Waals surface area contributed by atoms with E-state index < -0.39 is 10.0 Å². The molecule has 0 saturated carbocycles. The van der Waals surface area contributed by atoms with E-state index in [1.165, 1.54) is 0 Å². The number of hydrogen-bond donors (Lipinski definition) is 1. The van der Waals surface area contributed by atoms with Crippen molar-refractivity contribution in [2.75, 3.05) is 19.7 Å². The van der Waals surface area contributed by atoms with Crippen LogP contribution in [0.1, 0.15) is 25.3 Å². The van der Waals surface area contributed by atoms with Crippen LogP contribution in [-0.4, -0.2) is 45.0 Å². The van der Waals surface area contributed by atoms with Crippen LogP contribution in [-0.2, 0) is 21.2 Å². The van der Waals surface area contributed by atoms with Crippen LogP contribution >= 0.6 is 23.2 Å². The van der Waals surface area contributed by atoms with E-state index in [9.17, 15) is 13.2 Å². The molecule has 0 aromatic heterocycles. The third-order valence-corrected chi connectivity index (χ3v) is 5.98. The first-order chi connectivity index (χ1) is 12.3. The van der Waals surface area contributed by atoms with Gasteiger partial charge >= 0.3 is 0 Å². The quantitative estimate of drug-likeness (QED) is 0.735. The zero-order chi connectivity index (χ0) is 19.3. The summed E-state index contributed by atoms with van der Waals surface area (Å²) in [6, 6.07) is 3.16. The first-order valence-corrected chi connectivity index (χ1v) is 10.6. The third kappa shape index (κ3) is 5.61. The lowest BCUT2D eigenvalue weighted by Gasteiger charge is -2.32. The number of sulfonamides is 1. The molecule has 144 valence electrons. The number of nitrogens with zero attached hydrogens (tertiary/aromatic N) is 1. The number of amides is 1. The van der Waals surface area contributed by atoms with Crippen LogP contribution in [0.2, 0.25) is 10.0 Å². The summed E-state index contributed by atoms with van der Waals surface area (Å²) in [4.78, 5) is 14.0. The highest BCUT2D eigenvalue weighted by atomic mass is 35.5. The minimum atomic E-state index is -3.46. The highest BCUT2D eigenvalue weighted by molar-refractivity contribution is 7.92. The first kappa shape index (κ1) is 21.0. The molecule has 1 saturated heterocycles. The van der Waals surface area contributed by atoms with Gasteiger partial charge in [-0.1, -0.05) is 36.7 Å². The standard InChI is InChI=1S/C17H22Cl2N2O4S/c1-3-12-9-16(15(19)10-14(12)18)25-11-17(22)21-7-5-13(6-8-21)20-26(23,24)4-2/h4,9-10,13,20H,2-3,5-8,11H2,1H3. The molecule has 0 unspecified atom stereocenters. The molecule has 0 spiro atoms. The average molecular weight is 421 g/mol. The van der Waals surface area contributed by atoms with Crippen LogP contribution in [0.15, 0.2) is 24.1 Å². The Labute approximate surface area is 164 Å². The Bertz CT molecular complexity index is 775. The Morgan fingerprint density at radius 3 is 2.58 bits per heavy atom. The van der Waals surface area contributed by atoms with Gasteiger partial charge in [0, 0.05) is 29.6 Å². The average Bonchev–Trinajstić information content (AvgIpc) is 2.61. The third-order valence-electron chi connectivity index (χ3n) is 4.23. The van der Waals surface area contributed by atoms with Gasteiger partial charge in [0.15, 0.2) is 6.61 Å². The number of carbonyl (C=O) groups excluding carboxylic acids is 1. The number of carbonyl (C=O) groups is 1. The summed E-state index contributed by atoms with van der Waals surface area (Å²) in [5, 5.41) is 1.82. The zero-order valence-electron chi connectivity index (χ0n) is 14.5. The summed E-state index contributed by atoms with van der Waals surface area (Å²) in [7, 11) is -3.46. The van der Waals surface area contributed by atoms with Gasteiger partial charge < -0.3 is 9.64 Å². The van der Waals surface area contributed by atoms with Gasteiger partial charge in [0.05, 0.1) is 5.02 Å². The fourth-order valence-corrected chi connectivity index (χ4v) is 4.08. The van der Waals surface area contributed by atoms with Gasteiger partial charge in [-0.05, 0) is 37.0 Å². The van der Waals surface area contributed by atoms with E-state index in [1.54, 1.807) is 17.0 Å². The largest absolute Gasteiger partial charge is 0.482 e. The molecule has 1 aromatic carbocycles. The Morgan fingerprint density at radius 1 is 1.35 bits per heavy atom. The van der Waals surface area contributed by atoms with E-state index in [0.717, 1.165) is 17.4 Å². The minimum absolute atomic E-state index is 0.131. The number of ether oxygens (including phenoxy) is 1. The van der Waals surface area contributed by atoms with E-state index in [0.29, 0.717) is 41.7 Å². The lowest BCUT2D eigenvalue weighted by atomic mass is 10.1. The van der Waals surface area contributed by atoms with Crippen molar-refractivity contribution in [3.8, 4) is 5.75 Å². The van der Waals surface area contributed by atoms with Gasteiger partial charge in [-0.3, -0.25) is 4.79 Å². The number of benzene rings is 1. The molecule has 1 N–H and O–H groups in total. The molecular weight excluding hydrogens is 399 g/mol. The first-order valence-electron chi connectivity index (χ1n) is 8.29. The zero-order valence-corrected chi connectivity index (χ0v) is 16.8. The highest BCUT2D eigenvalue weighted by Gasteiger charge is 2.25. The van der Waals surface area contributed by atoms with Crippen molar-refractivity contribution in [3.05, 3.63) is 39.7 Å². The minimum Gasteiger partial charge on any atom is -0.482 e. The van der Waals surface area contributed by atoms with E-state index in [4.69, 9.17) is 27.9 Å². The second-order valence-corrected chi connectivity index (χ2v) is 8.47. The molecule has 1 amide bonds. The maximum atomic E-state index is 12.3. The van der Waals surface area contributed by atoms with Crippen LogP contribution in [0.3, 0.4) is 0 Å². The summed E-state index contributed by atoms with van der Waals surface area (Å²) < 4.78 is 31.1. The second-order valence-electron chi connectivity index (χ2n) is 6.00. The van der Waals surface area contributed by atoms with E-state index in [2.05, 4.69) is 11.3 Å².